The topological polar surface area (TPSA) is 76.6 Å². The molecule has 1 aromatic carbocycles. The van der Waals surface area contributed by atoms with Gasteiger partial charge in [0.1, 0.15) is 23.1 Å². The summed E-state index contributed by atoms with van der Waals surface area (Å²) < 4.78 is 10.5. The number of benzene rings is 1. The lowest BCUT2D eigenvalue weighted by Crippen LogP contribution is -2.41. The lowest BCUT2D eigenvalue weighted by atomic mass is 10.2. The molecule has 7 nitrogen and oxygen atoms in total. The maximum atomic E-state index is 12.6. The van der Waals surface area contributed by atoms with Gasteiger partial charge in [0.15, 0.2) is 0 Å². The molecule has 1 fully saturated rings. The Kier molecular flexibility index (Phi) is 4.90. The Labute approximate surface area is 140 Å². The van der Waals surface area contributed by atoms with Crippen LogP contribution in [-0.2, 0) is 4.74 Å². The third-order valence-electron chi connectivity index (χ3n) is 3.70. The molecule has 1 N–H and O–H groups in total. The van der Waals surface area contributed by atoms with Crippen molar-refractivity contribution in [2.75, 3.05) is 38.7 Å². The SMILES string of the molecule is COc1cccc(Nc2cc(C(=O)N3CCOCC3)nc(C)n2)c1. The highest BCUT2D eigenvalue weighted by molar-refractivity contribution is 5.93. The van der Waals surface area contributed by atoms with Gasteiger partial charge in [0.05, 0.1) is 20.3 Å². The fraction of sp³-hybridized carbons (Fsp3) is 0.353. The van der Waals surface area contributed by atoms with Gasteiger partial charge in [-0.25, -0.2) is 9.97 Å². The van der Waals surface area contributed by atoms with Crippen molar-refractivity contribution in [3.05, 3.63) is 41.9 Å². The quantitative estimate of drug-likeness (QED) is 0.925. The van der Waals surface area contributed by atoms with Crippen LogP contribution in [0.2, 0.25) is 0 Å². The molecule has 7 heteroatoms. The van der Waals surface area contributed by atoms with Crippen molar-refractivity contribution < 1.29 is 14.3 Å². The predicted molar refractivity (Wildman–Crippen MR) is 89.8 cm³/mol. The number of nitrogens with one attached hydrogen (secondary N) is 1. The Bertz CT molecular complexity index is 730. The van der Waals surface area contributed by atoms with E-state index in [9.17, 15) is 4.79 Å². The second-order valence-corrected chi connectivity index (χ2v) is 5.45. The summed E-state index contributed by atoms with van der Waals surface area (Å²) >= 11 is 0. The minimum absolute atomic E-state index is 0.0995. The Morgan fingerprint density at radius 1 is 1.25 bits per heavy atom. The van der Waals surface area contributed by atoms with Crippen molar-refractivity contribution in [3.8, 4) is 5.75 Å². The minimum Gasteiger partial charge on any atom is -0.497 e. The molecule has 3 rings (SSSR count). The first-order valence-corrected chi connectivity index (χ1v) is 7.79. The number of ether oxygens (including phenoxy) is 2. The third kappa shape index (κ3) is 3.80. The zero-order chi connectivity index (χ0) is 16.9. The van der Waals surface area contributed by atoms with Crippen LogP contribution < -0.4 is 10.1 Å². The largest absolute Gasteiger partial charge is 0.497 e. The van der Waals surface area contributed by atoms with E-state index in [1.807, 2.05) is 24.3 Å². The number of amides is 1. The Morgan fingerprint density at radius 2 is 2.04 bits per heavy atom. The Hall–Kier alpha value is -2.67. The van der Waals surface area contributed by atoms with E-state index >= 15 is 0 Å². The van der Waals surface area contributed by atoms with Crippen LogP contribution in [0.1, 0.15) is 16.3 Å². The van der Waals surface area contributed by atoms with E-state index in [2.05, 4.69) is 15.3 Å². The molecule has 1 amide bonds. The van der Waals surface area contributed by atoms with E-state index in [1.54, 1.807) is 25.0 Å². The summed E-state index contributed by atoms with van der Waals surface area (Å²) in [5.41, 5.74) is 1.21. The molecule has 1 aromatic heterocycles. The third-order valence-corrected chi connectivity index (χ3v) is 3.70. The average molecular weight is 328 g/mol. The average Bonchev–Trinajstić information content (AvgIpc) is 2.61. The molecule has 0 spiro atoms. The van der Waals surface area contributed by atoms with Crippen LogP contribution in [0.15, 0.2) is 30.3 Å². The first-order valence-electron chi connectivity index (χ1n) is 7.79. The smallest absolute Gasteiger partial charge is 0.272 e. The zero-order valence-electron chi connectivity index (χ0n) is 13.8. The summed E-state index contributed by atoms with van der Waals surface area (Å²) in [6, 6.07) is 9.19. The second kappa shape index (κ2) is 7.27. The minimum atomic E-state index is -0.0995. The van der Waals surface area contributed by atoms with Crippen LogP contribution in [0.5, 0.6) is 5.75 Å². The van der Waals surface area contributed by atoms with Crippen molar-refractivity contribution in [1.82, 2.24) is 14.9 Å². The molecular formula is C17H20N4O3. The molecule has 0 atom stereocenters. The van der Waals surface area contributed by atoms with Gasteiger partial charge in [-0.3, -0.25) is 4.79 Å². The van der Waals surface area contributed by atoms with Crippen molar-refractivity contribution in [1.29, 1.82) is 0 Å². The summed E-state index contributed by atoms with van der Waals surface area (Å²) in [5.74, 6) is 1.76. The number of anilines is 2. The van der Waals surface area contributed by atoms with Crippen LogP contribution in [0.3, 0.4) is 0 Å². The van der Waals surface area contributed by atoms with Gasteiger partial charge in [0.2, 0.25) is 0 Å². The highest BCUT2D eigenvalue weighted by Crippen LogP contribution is 2.21. The second-order valence-electron chi connectivity index (χ2n) is 5.45. The maximum Gasteiger partial charge on any atom is 0.272 e. The first kappa shape index (κ1) is 16.2. The lowest BCUT2D eigenvalue weighted by Gasteiger charge is -2.26. The van der Waals surface area contributed by atoms with Gasteiger partial charge in [-0.1, -0.05) is 6.07 Å². The Balaban J connectivity index is 1.81. The van der Waals surface area contributed by atoms with Crippen molar-refractivity contribution in [2.45, 2.75) is 6.92 Å². The van der Waals surface area contributed by atoms with E-state index in [1.165, 1.54) is 0 Å². The van der Waals surface area contributed by atoms with Gasteiger partial charge in [-0.15, -0.1) is 0 Å². The molecule has 2 heterocycles. The normalized spacial score (nSPS) is 14.3. The zero-order valence-corrected chi connectivity index (χ0v) is 13.8. The highest BCUT2D eigenvalue weighted by atomic mass is 16.5. The monoisotopic (exact) mass is 328 g/mol. The fourth-order valence-corrected chi connectivity index (χ4v) is 2.52. The van der Waals surface area contributed by atoms with Gasteiger partial charge in [-0.05, 0) is 19.1 Å². The van der Waals surface area contributed by atoms with Crippen molar-refractivity contribution in [2.24, 2.45) is 0 Å². The van der Waals surface area contributed by atoms with Crippen LogP contribution in [0.4, 0.5) is 11.5 Å². The van der Waals surface area contributed by atoms with Gasteiger partial charge in [0, 0.05) is 30.9 Å². The van der Waals surface area contributed by atoms with Gasteiger partial charge < -0.3 is 19.7 Å². The molecule has 1 aliphatic heterocycles. The molecule has 0 unspecified atom stereocenters. The molecule has 0 radical (unpaired) electrons. The molecule has 1 saturated heterocycles. The number of hydrogen-bond donors (Lipinski definition) is 1. The summed E-state index contributed by atoms with van der Waals surface area (Å²) in [5, 5.41) is 3.19. The number of nitrogens with zero attached hydrogens (tertiary/aromatic N) is 3. The van der Waals surface area contributed by atoms with Crippen LogP contribution in [0, 0.1) is 6.92 Å². The summed E-state index contributed by atoms with van der Waals surface area (Å²) in [7, 11) is 1.62. The molecule has 1 aliphatic rings. The van der Waals surface area contributed by atoms with Crippen LogP contribution in [0.25, 0.3) is 0 Å². The fourth-order valence-electron chi connectivity index (χ4n) is 2.52. The van der Waals surface area contributed by atoms with E-state index in [0.717, 1.165) is 11.4 Å². The summed E-state index contributed by atoms with van der Waals surface area (Å²) in [4.78, 5) is 23.0. The van der Waals surface area contributed by atoms with E-state index in [-0.39, 0.29) is 5.91 Å². The molecule has 0 bridgehead atoms. The van der Waals surface area contributed by atoms with E-state index < -0.39 is 0 Å². The number of carbonyl (C=O) groups excluding carboxylic acids is 1. The molecule has 0 aliphatic carbocycles. The number of methoxy groups -OCH3 is 1. The number of carbonyl (C=O) groups is 1. The molecule has 0 saturated carbocycles. The number of aryl methyl sites for hydroxylation is 1. The van der Waals surface area contributed by atoms with Crippen molar-refractivity contribution in [3.63, 3.8) is 0 Å². The van der Waals surface area contributed by atoms with Crippen molar-refractivity contribution >= 4 is 17.4 Å². The number of morpholine rings is 1. The number of hydrogen-bond acceptors (Lipinski definition) is 6. The predicted octanol–water partition coefficient (Wildman–Crippen LogP) is 2.01. The van der Waals surface area contributed by atoms with Crippen LogP contribution >= 0.6 is 0 Å². The highest BCUT2D eigenvalue weighted by Gasteiger charge is 2.20. The maximum absolute atomic E-state index is 12.6. The molecular weight excluding hydrogens is 308 g/mol. The van der Waals surface area contributed by atoms with Crippen LogP contribution in [-0.4, -0.2) is 54.2 Å². The first-order chi connectivity index (χ1) is 11.7. The number of aromatic nitrogens is 2. The summed E-state index contributed by atoms with van der Waals surface area (Å²) in [6.07, 6.45) is 0. The molecule has 126 valence electrons. The van der Waals surface area contributed by atoms with E-state index in [0.29, 0.717) is 43.6 Å². The van der Waals surface area contributed by atoms with Gasteiger partial charge in [-0.2, -0.15) is 0 Å². The Morgan fingerprint density at radius 3 is 2.79 bits per heavy atom. The molecule has 24 heavy (non-hydrogen) atoms. The van der Waals surface area contributed by atoms with Gasteiger partial charge >= 0.3 is 0 Å². The van der Waals surface area contributed by atoms with Gasteiger partial charge in [0.25, 0.3) is 5.91 Å². The lowest BCUT2D eigenvalue weighted by molar-refractivity contribution is 0.0299. The standard InChI is InChI=1S/C17H20N4O3/c1-12-18-15(17(22)21-6-8-24-9-7-21)11-16(19-12)20-13-4-3-5-14(10-13)23-2/h3-5,10-11H,6-9H2,1-2H3,(H,18,19,20). The number of rotatable bonds is 4. The summed E-state index contributed by atoms with van der Waals surface area (Å²) in [6.45, 7) is 4.06. The molecule has 2 aromatic rings. The van der Waals surface area contributed by atoms with E-state index in [4.69, 9.17) is 9.47 Å².